The summed E-state index contributed by atoms with van der Waals surface area (Å²) < 4.78 is 66.5. The number of aryl methyl sites for hydroxylation is 1. The van der Waals surface area contributed by atoms with E-state index < -0.39 is 21.7 Å². The van der Waals surface area contributed by atoms with Gasteiger partial charge in [0.2, 0.25) is 10.0 Å². The number of halogens is 3. The molecule has 0 atom stereocenters. The highest BCUT2D eigenvalue weighted by molar-refractivity contribution is 7.89. The van der Waals surface area contributed by atoms with Crippen LogP contribution in [-0.2, 0) is 16.6 Å². The molecule has 0 radical (unpaired) electrons. The summed E-state index contributed by atoms with van der Waals surface area (Å²) in [6, 6.07) is 0. The molecule has 1 aromatic heterocycles. The number of rotatable bonds is 5. The topological polar surface area (TPSA) is 90.0 Å². The molecule has 1 saturated carbocycles. The average molecular weight is 326 g/mol. The van der Waals surface area contributed by atoms with Crippen molar-refractivity contribution in [2.24, 2.45) is 5.73 Å². The summed E-state index contributed by atoms with van der Waals surface area (Å²) in [6.07, 6.45) is -5.09. The normalized spacial score (nSPS) is 18.0. The van der Waals surface area contributed by atoms with Gasteiger partial charge in [0.15, 0.2) is 0 Å². The van der Waals surface area contributed by atoms with Gasteiger partial charge in [-0.2, -0.15) is 23.0 Å². The maximum Gasteiger partial charge on any atom is 0.407 e. The van der Waals surface area contributed by atoms with E-state index in [0.717, 1.165) is 0 Å². The van der Waals surface area contributed by atoms with Crippen LogP contribution in [0.15, 0.2) is 4.90 Å². The van der Waals surface area contributed by atoms with Crippen molar-refractivity contribution >= 4 is 10.0 Å². The molecule has 0 aromatic carbocycles. The fourth-order valence-electron chi connectivity index (χ4n) is 2.29. The van der Waals surface area contributed by atoms with Gasteiger partial charge in [0.1, 0.15) is 10.4 Å². The molecular weight excluding hydrogens is 309 g/mol. The molecule has 0 amide bonds. The van der Waals surface area contributed by atoms with Crippen LogP contribution in [0.5, 0.6) is 0 Å². The molecule has 1 aliphatic rings. The number of nitrogens with one attached hydrogen (secondary N) is 1. The highest BCUT2D eigenvalue weighted by atomic mass is 32.2. The third-order valence-electron chi connectivity index (χ3n) is 3.55. The summed E-state index contributed by atoms with van der Waals surface area (Å²) in [4.78, 5) is -0.202. The standard InChI is InChI=1S/C11H17F3N4O2S/c1-7-9(8(2)18(16-7)6-5-15)21(19,20)17-10(3-4-10)11(12,13)14/h17H,3-6,15H2,1-2H3. The van der Waals surface area contributed by atoms with E-state index in [0.29, 0.717) is 6.54 Å². The second-order valence-corrected chi connectivity index (χ2v) is 6.82. The van der Waals surface area contributed by atoms with Gasteiger partial charge in [-0.25, -0.2) is 8.42 Å². The van der Waals surface area contributed by atoms with Crippen molar-refractivity contribution in [3.8, 4) is 0 Å². The van der Waals surface area contributed by atoms with Crippen molar-refractivity contribution in [3.05, 3.63) is 11.4 Å². The zero-order chi connectivity index (χ0) is 16.1. The van der Waals surface area contributed by atoms with Crippen molar-refractivity contribution in [2.45, 2.75) is 49.8 Å². The van der Waals surface area contributed by atoms with Gasteiger partial charge in [-0.1, -0.05) is 0 Å². The first kappa shape index (κ1) is 16.2. The minimum atomic E-state index is -4.60. The van der Waals surface area contributed by atoms with Crippen LogP contribution in [0, 0.1) is 13.8 Å². The second kappa shape index (κ2) is 4.96. The van der Waals surface area contributed by atoms with Gasteiger partial charge in [0.05, 0.1) is 17.9 Å². The van der Waals surface area contributed by atoms with Crippen LogP contribution in [0.25, 0.3) is 0 Å². The number of nitrogens with two attached hydrogens (primary N) is 1. The summed E-state index contributed by atoms with van der Waals surface area (Å²) in [5, 5.41) is 4.02. The smallest absolute Gasteiger partial charge is 0.329 e. The molecule has 1 aliphatic carbocycles. The van der Waals surface area contributed by atoms with E-state index in [9.17, 15) is 21.6 Å². The Morgan fingerprint density at radius 3 is 2.38 bits per heavy atom. The van der Waals surface area contributed by atoms with Gasteiger partial charge >= 0.3 is 6.18 Å². The first-order chi connectivity index (χ1) is 9.54. The van der Waals surface area contributed by atoms with Crippen molar-refractivity contribution in [2.75, 3.05) is 6.54 Å². The summed E-state index contributed by atoms with van der Waals surface area (Å²) >= 11 is 0. The van der Waals surface area contributed by atoms with E-state index in [4.69, 9.17) is 5.73 Å². The van der Waals surface area contributed by atoms with Gasteiger partial charge in [-0.3, -0.25) is 4.68 Å². The predicted molar refractivity (Wildman–Crippen MR) is 69.1 cm³/mol. The predicted octanol–water partition coefficient (Wildman–Crippen LogP) is 0.832. The monoisotopic (exact) mass is 326 g/mol. The number of hydrogen-bond donors (Lipinski definition) is 2. The lowest BCUT2D eigenvalue weighted by Crippen LogP contribution is -2.47. The molecule has 0 spiro atoms. The van der Waals surface area contributed by atoms with Crippen molar-refractivity contribution in [1.82, 2.24) is 14.5 Å². The van der Waals surface area contributed by atoms with E-state index >= 15 is 0 Å². The summed E-state index contributed by atoms with van der Waals surface area (Å²) in [5.74, 6) is 0. The average Bonchev–Trinajstić information content (AvgIpc) is 3.01. The van der Waals surface area contributed by atoms with Crippen molar-refractivity contribution in [3.63, 3.8) is 0 Å². The molecule has 1 heterocycles. The van der Waals surface area contributed by atoms with E-state index in [1.165, 1.54) is 18.5 Å². The van der Waals surface area contributed by atoms with Crippen molar-refractivity contribution < 1.29 is 21.6 Å². The molecule has 6 nitrogen and oxygen atoms in total. The first-order valence-corrected chi connectivity index (χ1v) is 7.87. The third-order valence-corrected chi connectivity index (χ3v) is 5.33. The Kier molecular flexibility index (Phi) is 3.83. The third kappa shape index (κ3) is 2.79. The Hall–Kier alpha value is -1.13. The Morgan fingerprint density at radius 2 is 1.95 bits per heavy atom. The summed E-state index contributed by atoms with van der Waals surface area (Å²) in [7, 11) is -4.29. The molecule has 120 valence electrons. The quantitative estimate of drug-likeness (QED) is 0.839. The lowest BCUT2D eigenvalue weighted by molar-refractivity contribution is -0.160. The van der Waals surface area contributed by atoms with Gasteiger partial charge < -0.3 is 5.73 Å². The van der Waals surface area contributed by atoms with Crippen LogP contribution in [0.1, 0.15) is 24.2 Å². The minimum absolute atomic E-state index is 0.159. The molecule has 0 saturated heterocycles. The van der Waals surface area contributed by atoms with Gasteiger partial charge in [0.25, 0.3) is 0 Å². The molecular formula is C11H17F3N4O2S. The summed E-state index contributed by atoms with van der Waals surface area (Å²) in [5.41, 5.74) is 3.50. The number of hydrogen-bond acceptors (Lipinski definition) is 4. The largest absolute Gasteiger partial charge is 0.407 e. The Balaban J connectivity index is 2.38. The van der Waals surface area contributed by atoms with E-state index in [-0.39, 0.29) is 35.7 Å². The SMILES string of the molecule is Cc1nn(CCN)c(C)c1S(=O)(=O)NC1(C(F)(F)F)CC1. The number of nitrogens with zero attached hydrogens (tertiary/aromatic N) is 2. The molecule has 1 aromatic rings. The summed E-state index contributed by atoms with van der Waals surface area (Å²) in [6.45, 7) is 3.49. The first-order valence-electron chi connectivity index (χ1n) is 6.39. The molecule has 1 fully saturated rings. The molecule has 0 unspecified atom stereocenters. The van der Waals surface area contributed by atoms with Crippen LogP contribution in [0.4, 0.5) is 13.2 Å². The second-order valence-electron chi connectivity index (χ2n) is 5.20. The van der Waals surface area contributed by atoms with Crippen LogP contribution in [0.3, 0.4) is 0 Å². The van der Waals surface area contributed by atoms with Crippen LogP contribution in [0.2, 0.25) is 0 Å². The zero-order valence-corrected chi connectivity index (χ0v) is 12.5. The highest BCUT2D eigenvalue weighted by Crippen LogP contribution is 2.49. The van der Waals surface area contributed by atoms with Gasteiger partial charge in [-0.05, 0) is 26.7 Å². The van der Waals surface area contributed by atoms with Gasteiger partial charge in [-0.15, -0.1) is 0 Å². The Bertz CT molecular complexity index is 647. The molecule has 0 aliphatic heterocycles. The molecule has 2 rings (SSSR count). The lowest BCUT2D eigenvalue weighted by Gasteiger charge is -2.20. The van der Waals surface area contributed by atoms with E-state index in [1.54, 1.807) is 4.72 Å². The minimum Gasteiger partial charge on any atom is -0.329 e. The van der Waals surface area contributed by atoms with Gasteiger partial charge in [0, 0.05) is 6.54 Å². The lowest BCUT2D eigenvalue weighted by atomic mass is 10.3. The van der Waals surface area contributed by atoms with E-state index in [2.05, 4.69) is 5.10 Å². The maximum atomic E-state index is 12.9. The number of aromatic nitrogens is 2. The van der Waals surface area contributed by atoms with Crippen LogP contribution >= 0.6 is 0 Å². The van der Waals surface area contributed by atoms with Crippen LogP contribution < -0.4 is 10.5 Å². The Labute approximate surface area is 120 Å². The Morgan fingerprint density at radius 1 is 1.38 bits per heavy atom. The maximum absolute atomic E-state index is 12.9. The molecule has 10 heteroatoms. The fraction of sp³-hybridized carbons (Fsp3) is 0.727. The van der Waals surface area contributed by atoms with E-state index in [1.807, 2.05) is 0 Å². The van der Waals surface area contributed by atoms with Crippen LogP contribution in [-0.4, -0.2) is 36.5 Å². The molecule has 0 bridgehead atoms. The highest BCUT2D eigenvalue weighted by Gasteiger charge is 2.65. The zero-order valence-electron chi connectivity index (χ0n) is 11.7. The fourth-order valence-corrected chi connectivity index (χ4v) is 4.15. The van der Waals surface area contributed by atoms with Crippen molar-refractivity contribution in [1.29, 1.82) is 0 Å². The molecule has 21 heavy (non-hydrogen) atoms. The molecule has 3 N–H and O–H groups in total. The number of alkyl halides is 3. The number of sulfonamides is 1.